The summed E-state index contributed by atoms with van der Waals surface area (Å²) in [7, 11) is 0. The van der Waals surface area contributed by atoms with E-state index in [0.717, 1.165) is 33.0 Å². The van der Waals surface area contributed by atoms with Crippen molar-refractivity contribution in [2.45, 2.75) is 23.3 Å². The van der Waals surface area contributed by atoms with Gasteiger partial charge in [-0.05, 0) is 36.4 Å². The molecule has 1 aliphatic rings. The largest absolute Gasteiger partial charge is 0.387 e. The molecule has 1 atom stereocenters. The van der Waals surface area contributed by atoms with E-state index in [2.05, 4.69) is 21.2 Å². The van der Waals surface area contributed by atoms with E-state index in [1.807, 2.05) is 24.3 Å². The standard InChI is InChI=1S/C14H18BrNO2S2/c15-11-1-3-12(4-2-11)20-7-5-13(17)16-9-14(18)6-8-19-10-14/h1-4,18H,5-10H2,(H,16,17). The van der Waals surface area contributed by atoms with E-state index in [1.54, 1.807) is 23.5 Å². The first-order valence-corrected chi connectivity index (χ1v) is 9.46. The van der Waals surface area contributed by atoms with Crippen molar-refractivity contribution in [1.29, 1.82) is 0 Å². The van der Waals surface area contributed by atoms with Crippen molar-refractivity contribution in [3.63, 3.8) is 0 Å². The number of benzene rings is 1. The molecule has 110 valence electrons. The molecule has 0 saturated carbocycles. The number of thioether (sulfide) groups is 2. The van der Waals surface area contributed by atoms with Gasteiger partial charge in [0, 0.05) is 33.8 Å². The first-order chi connectivity index (χ1) is 9.57. The Kier molecular flexibility index (Phi) is 6.26. The minimum absolute atomic E-state index is 0.0138. The molecule has 1 heterocycles. The molecule has 1 aliphatic heterocycles. The van der Waals surface area contributed by atoms with Crippen LogP contribution in [-0.2, 0) is 4.79 Å². The second-order valence-corrected chi connectivity index (χ2v) is 8.05. The maximum absolute atomic E-state index is 11.7. The van der Waals surface area contributed by atoms with Crippen molar-refractivity contribution >= 4 is 45.4 Å². The lowest BCUT2D eigenvalue weighted by molar-refractivity contribution is -0.121. The van der Waals surface area contributed by atoms with Gasteiger partial charge in [0.05, 0.1) is 5.60 Å². The molecule has 0 aromatic heterocycles. The van der Waals surface area contributed by atoms with Crippen LogP contribution in [0.1, 0.15) is 12.8 Å². The predicted octanol–water partition coefficient (Wildman–Crippen LogP) is 2.92. The second-order valence-electron chi connectivity index (χ2n) is 4.86. The van der Waals surface area contributed by atoms with Crippen LogP contribution in [-0.4, -0.2) is 40.4 Å². The molecule has 0 aliphatic carbocycles. The lowest BCUT2D eigenvalue weighted by atomic mass is 10.0. The van der Waals surface area contributed by atoms with Crippen LogP contribution >= 0.6 is 39.5 Å². The normalized spacial score (nSPS) is 21.9. The van der Waals surface area contributed by atoms with Crippen molar-refractivity contribution < 1.29 is 9.90 Å². The van der Waals surface area contributed by atoms with Crippen LogP contribution in [0.15, 0.2) is 33.6 Å². The van der Waals surface area contributed by atoms with E-state index in [9.17, 15) is 9.90 Å². The summed E-state index contributed by atoms with van der Waals surface area (Å²) in [5.74, 6) is 2.47. The molecule has 20 heavy (non-hydrogen) atoms. The SMILES string of the molecule is O=C(CCSc1ccc(Br)cc1)NCC1(O)CCSC1. The van der Waals surface area contributed by atoms with Crippen LogP contribution in [0.25, 0.3) is 0 Å². The third-order valence-corrected chi connectivity index (χ3v) is 5.89. The van der Waals surface area contributed by atoms with Crippen LogP contribution < -0.4 is 5.32 Å². The molecule has 6 heteroatoms. The third-order valence-electron chi connectivity index (χ3n) is 3.11. The molecular formula is C14H18BrNO2S2. The zero-order valence-corrected chi connectivity index (χ0v) is 14.3. The van der Waals surface area contributed by atoms with Crippen LogP contribution in [0.4, 0.5) is 0 Å². The van der Waals surface area contributed by atoms with Crippen molar-refractivity contribution in [3.05, 3.63) is 28.7 Å². The highest BCUT2D eigenvalue weighted by molar-refractivity contribution is 9.10. The van der Waals surface area contributed by atoms with Gasteiger partial charge in [0.25, 0.3) is 0 Å². The average Bonchev–Trinajstić information content (AvgIpc) is 2.86. The lowest BCUT2D eigenvalue weighted by Gasteiger charge is -2.21. The van der Waals surface area contributed by atoms with Gasteiger partial charge >= 0.3 is 0 Å². The molecule has 2 N–H and O–H groups in total. The molecule has 1 unspecified atom stereocenters. The zero-order chi connectivity index (χ0) is 14.4. The van der Waals surface area contributed by atoms with Gasteiger partial charge in [-0.3, -0.25) is 4.79 Å². The van der Waals surface area contributed by atoms with E-state index in [-0.39, 0.29) is 5.91 Å². The van der Waals surface area contributed by atoms with Gasteiger partial charge in [0.1, 0.15) is 0 Å². The fourth-order valence-corrected chi connectivity index (χ4v) is 4.29. The predicted molar refractivity (Wildman–Crippen MR) is 89.4 cm³/mol. The van der Waals surface area contributed by atoms with Crippen LogP contribution in [0.3, 0.4) is 0 Å². The van der Waals surface area contributed by atoms with Crippen molar-refractivity contribution in [2.75, 3.05) is 23.8 Å². The molecular weight excluding hydrogens is 358 g/mol. The molecule has 0 bridgehead atoms. The van der Waals surface area contributed by atoms with Crippen LogP contribution in [0.2, 0.25) is 0 Å². The number of amides is 1. The molecule has 0 radical (unpaired) electrons. The van der Waals surface area contributed by atoms with E-state index in [0.29, 0.717) is 13.0 Å². The number of carbonyl (C=O) groups excluding carboxylic acids is 1. The summed E-state index contributed by atoms with van der Waals surface area (Å²) in [6.45, 7) is 0.377. The fourth-order valence-electron chi connectivity index (χ4n) is 1.88. The second kappa shape index (κ2) is 7.73. The zero-order valence-electron chi connectivity index (χ0n) is 11.1. The summed E-state index contributed by atoms with van der Waals surface area (Å²) in [6, 6.07) is 8.06. The number of hydrogen-bond donors (Lipinski definition) is 2. The topological polar surface area (TPSA) is 49.3 Å². The molecule has 2 rings (SSSR count). The fraction of sp³-hybridized carbons (Fsp3) is 0.500. The number of aliphatic hydroxyl groups is 1. The lowest BCUT2D eigenvalue weighted by Crippen LogP contribution is -2.43. The molecule has 1 saturated heterocycles. The minimum Gasteiger partial charge on any atom is -0.387 e. The number of nitrogens with one attached hydrogen (secondary N) is 1. The highest BCUT2D eigenvalue weighted by Gasteiger charge is 2.31. The number of carbonyl (C=O) groups is 1. The molecule has 1 aromatic carbocycles. The molecule has 0 spiro atoms. The Morgan fingerprint density at radius 3 is 2.85 bits per heavy atom. The maximum Gasteiger partial charge on any atom is 0.220 e. The van der Waals surface area contributed by atoms with Crippen molar-refractivity contribution in [1.82, 2.24) is 5.32 Å². The van der Waals surface area contributed by atoms with Gasteiger partial charge in [-0.15, -0.1) is 11.8 Å². The highest BCUT2D eigenvalue weighted by Crippen LogP contribution is 2.27. The Hall–Kier alpha value is -0.170. The summed E-state index contributed by atoms with van der Waals surface area (Å²) < 4.78 is 1.06. The number of rotatable bonds is 6. The Bertz CT molecular complexity index is 447. The van der Waals surface area contributed by atoms with Gasteiger partial charge in [-0.25, -0.2) is 0 Å². The molecule has 3 nitrogen and oxygen atoms in total. The van der Waals surface area contributed by atoms with Crippen LogP contribution in [0, 0.1) is 0 Å². The first kappa shape index (κ1) is 16.2. The quantitative estimate of drug-likeness (QED) is 0.750. The summed E-state index contributed by atoms with van der Waals surface area (Å²) in [5, 5.41) is 13.0. The van der Waals surface area contributed by atoms with Crippen molar-refractivity contribution in [2.24, 2.45) is 0 Å². The van der Waals surface area contributed by atoms with Crippen LogP contribution in [0.5, 0.6) is 0 Å². The monoisotopic (exact) mass is 375 g/mol. The highest BCUT2D eigenvalue weighted by atomic mass is 79.9. The van der Waals surface area contributed by atoms with E-state index in [1.165, 1.54) is 0 Å². The summed E-state index contributed by atoms with van der Waals surface area (Å²) in [6.07, 6.45) is 1.25. The Morgan fingerprint density at radius 1 is 1.45 bits per heavy atom. The Labute approximate surface area is 136 Å². The molecule has 1 fully saturated rings. The minimum atomic E-state index is -0.695. The number of halogens is 1. The summed E-state index contributed by atoms with van der Waals surface area (Å²) in [5.41, 5.74) is -0.695. The Morgan fingerprint density at radius 2 is 2.20 bits per heavy atom. The van der Waals surface area contributed by atoms with Crippen molar-refractivity contribution in [3.8, 4) is 0 Å². The molecule has 1 aromatic rings. The number of hydrogen-bond acceptors (Lipinski definition) is 4. The summed E-state index contributed by atoms with van der Waals surface area (Å²) in [4.78, 5) is 12.9. The third kappa shape index (κ3) is 5.31. The van der Waals surface area contributed by atoms with Gasteiger partial charge in [-0.1, -0.05) is 15.9 Å². The summed E-state index contributed by atoms with van der Waals surface area (Å²) >= 11 is 6.80. The van der Waals surface area contributed by atoms with Gasteiger partial charge in [0.2, 0.25) is 5.91 Å². The van der Waals surface area contributed by atoms with E-state index in [4.69, 9.17) is 0 Å². The average molecular weight is 376 g/mol. The van der Waals surface area contributed by atoms with Gasteiger partial charge in [0.15, 0.2) is 0 Å². The first-order valence-electron chi connectivity index (χ1n) is 6.53. The smallest absolute Gasteiger partial charge is 0.220 e. The van der Waals surface area contributed by atoms with Gasteiger partial charge in [-0.2, -0.15) is 11.8 Å². The van der Waals surface area contributed by atoms with E-state index >= 15 is 0 Å². The Balaban J connectivity index is 1.64. The van der Waals surface area contributed by atoms with E-state index < -0.39 is 5.60 Å². The van der Waals surface area contributed by atoms with Gasteiger partial charge < -0.3 is 10.4 Å². The molecule has 1 amide bonds. The maximum atomic E-state index is 11.7.